The van der Waals surface area contributed by atoms with E-state index in [1.165, 1.54) is 11.8 Å². The number of hydrogen-bond donors (Lipinski definition) is 3. The fourth-order valence-electron chi connectivity index (χ4n) is 3.62. The Bertz CT molecular complexity index is 1410. The smallest absolute Gasteiger partial charge is 0.269 e. The van der Waals surface area contributed by atoms with Crippen LogP contribution in [0, 0.1) is 0 Å². The summed E-state index contributed by atoms with van der Waals surface area (Å²) in [6, 6.07) is 14.3. The van der Waals surface area contributed by atoms with Crippen molar-refractivity contribution in [2.75, 3.05) is 5.43 Å². The third-order valence-electron chi connectivity index (χ3n) is 5.22. The molecule has 5 rings (SSSR count). The van der Waals surface area contributed by atoms with E-state index in [2.05, 4.69) is 21.2 Å². The lowest BCUT2D eigenvalue weighted by Crippen LogP contribution is -2.29. The number of pyridine rings is 1. The molecule has 0 bridgehead atoms. The predicted octanol–water partition coefficient (Wildman–Crippen LogP) is 4.81. The molecule has 3 heterocycles. The minimum absolute atomic E-state index is 0.205. The molecule has 3 N–H and O–H groups in total. The van der Waals surface area contributed by atoms with Crippen molar-refractivity contribution in [3.63, 3.8) is 0 Å². The van der Waals surface area contributed by atoms with Crippen molar-refractivity contribution in [2.24, 2.45) is 0 Å². The number of nitrogens with one attached hydrogen (secondary N) is 3. The van der Waals surface area contributed by atoms with Crippen molar-refractivity contribution >= 4 is 74.1 Å². The van der Waals surface area contributed by atoms with E-state index in [-0.39, 0.29) is 17.9 Å². The van der Waals surface area contributed by atoms with Crippen LogP contribution in [-0.2, 0) is 9.53 Å². The highest BCUT2D eigenvalue weighted by Crippen LogP contribution is 2.31. The average Bonchev–Trinajstić information content (AvgIpc) is 3.43. The molecule has 1 aromatic heterocycles. The van der Waals surface area contributed by atoms with Gasteiger partial charge in [-0.1, -0.05) is 47.7 Å². The lowest BCUT2D eigenvalue weighted by atomic mass is 10.1. The van der Waals surface area contributed by atoms with Gasteiger partial charge in [0.25, 0.3) is 11.8 Å². The number of carbonyl (C=O) groups excluding carboxylic acids is 2. The molecule has 3 aromatic rings. The lowest BCUT2D eigenvalue weighted by molar-refractivity contribution is -0.115. The summed E-state index contributed by atoms with van der Waals surface area (Å²) in [7, 11) is 0. The van der Waals surface area contributed by atoms with E-state index in [0.29, 0.717) is 37.7 Å². The number of carbonyl (C=O) groups is 2. The van der Waals surface area contributed by atoms with Crippen LogP contribution in [0.3, 0.4) is 0 Å². The van der Waals surface area contributed by atoms with E-state index in [0.717, 1.165) is 16.5 Å². The molecule has 170 valence electrons. The molecule has 0 saturated carbocycles. The second kappa shape index (κ2) is 9.46. The van der Waals surface area contributed by atoms with E-state index < -0.39 is 0 Å². The normalized spacial score (nSPS) is 18.6. The van der Waals surface area contributed by atoms with Gasteiger partial charge in [-0.25, -0.2) is 0 Å². The molecular formula is C24H17ClN4O3S2. The monoisotopic (exact) mass is 508 g/mol. The molecule has 0 aliphatic carbocycles. The van der Waals surface area contributed by atoms with Gasteiger partial charge in [-0.2, -0.15) is 0 Å². The Labute approximate surface area is 209 Å². The van der Waals surface area contributed by atoms with Gasteiger partial charge < -0.3 is 10.1 Å². The summed E-state index contributed by atoms with van der Waals surface area (Å²) in [4.78, 5) is 29.5. The first-order valence-electron chi connectivity index (χ1n) is 10.3. The van der Waals surface area contributed by atoms with Crippen LogP contribution in [0.5, 0.6) is 0 Å². The lowest BCUT2D eigenvalue weighted by Gasteiger charge is -2.13. The van der Waals surface area contributed by atoms with Gasteiger partial charge in [0.1, 0.15) is 16.2 Å². The van der Waals surface area contributed by atoms with Gasteiger partial charge in [-0.05, 0) is 48.6 Å². The molecule has 1 saturated heterocycles. The maximum Gasteiger partial charge on any atom is 0.269 e. The van der Waals surface area contributed by atoms with Crippen LogP contribution in [0.1, 0.15) is 22.3 Å². The van der Waals surface area contributed by atoms with Gasteiger partial charge in [0.15, 0.2) is 0 Å². The number of rotatable bonds is 5. The van der Waals surface area contributed by atoms with Gasteiger partial charge in [-0.3, -0.25) is 25.4 Å². The summed E-state index contributed by atoms with van der Waals surface area (Å²) in [5.41, 5.74) is 8.36. The SMILES string of the molecule is O=C1NC(=S)S/C1=C\C1CC=C(c2cccc(C(=O)NNc3ccnc4cc(Cl)ccc34)c2)O1. The van der Waals surface area contributed by atoms with Crippen molar-refractivity contribution < 1.29 is 14.3 Å². The zero-order valence-electron chi connectivity index (χ0n) is 17.5. The van der Waals surface area contributed by atoms with E-state index in [1.807, 2.05) is 18.2 Å². The van der Waals surface area contributed by atoms with Crippen molar-refractivity contribution in [1.29, 1.82) is 0 Å². The summed E-state index contributed by atoms with van der Waals surface area (Å²) in [5, 5.41) is 4.02. The van der Waals surface area contributed by atoms with Crippen LogP contribution in [-0.4, -0.2) is 27.2 Å². The second-order valence-electron chi connectivity index (χ2n) is 7.51. The number of nitrogens with zero attached hydrogens (tertiary/aromatic N) is 1. The van der Waals surface area contributed by atoms with Crippen LogP contribution >= 0.6 is 35.6 Å². The average molecular weight is 509 g/mol. The zero-order valence-corrected chi connectivity index (χ0v) is 19.9. The highest BCUT2D eigenvalue weighted by atomic mass is 35.5. The van der Waals surface area contributed by atoms with Crippen LogP contribution in [0.15, 0.2) is 71.8 Å². The second-order valence-corrected chi connectivity index (χ2v) is 9.67. The number of hydrazine groups is 1. The number of fused-ring (bicyclic) bond motifs is 1. The minimum Gasteiger partial charge on any atom is -0.486 e. The van der Waals surface area contributed by atoms with Crippen LogP contribution in [0.4, 0.5) is 5.69 Å². The van der Waals surface area contributed by atoms with Crippen molar-refractivity contribution in [3.8, 4) is 0 Å². The van der Waals surface area contributed by atoms with E-state index in [1.54, 1.807) is 48.7 Å². The molecule has 2 amide bonds. The predicted molar refractivity (Wildman–Crippen MR) is 138 cm³/mol. The number of halogens is 1. The third-order valence-corrected chi connectivity index (χ3v) is 6.63. The Morgan fingerprint density at radius 2 is 2.15 bits per heavy atom. The Hall–Kier alpha value is -3.40. The quantitative estimate of drug-likeness (QED) is 0.259. The summed E-state index contributed by atoms with van der Waals surface area (Å²) < 4.78 is 6.44. The standard InChI is InChI=1S/C24H17ClN4O3S2/c25-15-4-6-17-18(8-9-26-19(17)11-15)28-29-22(30)14-3-1-2-13(10-14)20-7-5-16(32-20)12-21-23(31)27-24(33)34-21/h1-4,6-12,16H,5H2,(H,26,28)(H,29,30)(H,27,31,33)/b21-12-. The van der Waals surface area contributed by atoms with Crippen LogP contribution in [0.2, 0.25) is 5.02 Å². The molecule has 34 heavy (non-hydrogen) atoms. The summed E-state index contributed by atoms with van der Waals surface area (Å²) in [5.74, 6) is 0.154. The Balaban J connectivity index is 1.26. The van der Waals surface area contributed by atoms with Crippen molar-refractivity contribution in [3.05, 3.63) is 87.9 Å². The first kappa shape index (κ1) is 22.4. The van der Waals surface area contributed by atoms with Gasteiger partial charge in [0, 0.05) is 34.2 Å². The molecule has 1 fully saturated rings. The number of benzene rings is 2. The van der Waals surface area contributed by atoms with Crippen LogP contribution in [0.25, 0.3) is 16.7 Å². The molecule has 2 aliphatic heterocycles. The van der Waals surface area contributed by atoms with Crippen molar-refractivity contribution in [2.45, 2.75) is 12.5 Å². The maximum absolute atomic E-state index is 12.8. The number of anilines is 1. The molecule has 1 atom stereocenters. The first-order valence-corrected chi connectivity index (χ1v) is 11.9. The van der Waals surface area contributed by atoms with Gasteiger partial charge in [-0.15, -0.1) is 0 Å². The van der Waals surface area contributed by atoms with Gasteiger partial charge in [0.2, 0.25) is 0 Å². The number of aromatic nitrogens is 1. The molecule has 1 unspecified atom stereocenters. The highest BCUT2D eigenvalue weighted by molar-refractivity contribution is 8.26. The van der Waals surface area contributed by atoms with Crippen LogP contribution < -0.4 is 16.2 Å². The van der Waals surface area contributed by atoms with E-state index in [4.69, 9.17) is 28.6 Å². The molecule has 10 heteroatoms. The molecule has 0 spiro atoms. The Morgan fingerprint density at radius 1 is 1.26 bits per heavy atom. The molecule has 2 aliphatic rings. The molecule has 0 radical (unpaired) electrons. The Morgan fingerprint density at radius 3 is 2.97 bits per heavy atom. The summed E-state index contributed by atoms with van der Waals surface area (Å²) in [6.07, 6.45) is 5.72. The highest BCUT2D eigenvalue weighted by Gasteiger charge is 2.26. The zero-order chi connectivity index (χ0) is 23.7. The topological polar surface area (TPSA) is 92.4 Å². The first-order chi connectivity index (χ1) is 16.5. The van der Waals surface area contributed by atoms with Crippen molar-refractivity contribution in [1.82, 2.24) is 15.7 Å². The number of thioether (sulfide) groups is 1. The number of thiocarbonyl (C=S) groups is 1. The summed E-state index contributed by atoms with van der Waals surface area (Å²) >= 11 is 12.3. The summed E-state index contributed by atoms with van der Waals surface area (Å²) in [6.45, 7) is 0. The van der Waals surface area contributed by atoms with Gasteiger partial charge >= 0.3 is 0 Å². The largest absolute Gasteiger partial charge is 0.486 e. The van der Waals surface area contributed by atoms with Gasteiger partial charge in [0.05, 0.1) is 16.1 Å². The third kappa shape index (κ3) is 4.77. The number of ether oxygens (including phenoxy) is 1. The molecule has 7 nitrogen and oxygen atoms in total. The van der Waals surface area contributed by atoms with E-state index >= 15 is 0 Å². The maximum atomic E-state index is 12.8. The number of hydrogen-bond acceptors (Lipinski definition) is 7. The molecule has 2 aromatic carbocycles. The fraction of sp³-hybridized carbons (Fsp3) is 0.0833. The minimum atomic E-state index is -0.300. The fourth-order valence-corrected chi connectivity index (χ4v) is 4.85. The Kier molecular flexibility index (Phi) is 6.23. The molecular weight excluding hydrogens is 492 g/mol. The number of amides is 2. The van der Waals surface area contributed by atoms with E-state index in [9.17, 15) is 9.59 Å².